The van der Waals surface area contributed by atoms with Gasteiger partial charge in [-0.2, -0.15) is 5.10 Å². The molecule has 140 valence electrons. The molecule has 2 N–H and O–H groups in total. The lowest BCUT2D eigenvalue weighted by molar-refractivity contribution is 0.318. The Morgan fingerprint density at radius 2 is 1.96 bits per heavy atom. The second kappa shape index (κ2) is 7.79. The molecule has 0 bridgehead atoms. The standard InChI is InChI=1S/C19H21N5O2S/c25-16-5-2-1-4-15(16)23-9-11-24(12-10-23)19(27)22-21-14-7-13-26-17-6-3-8-20-18(14)17/h1-6,8,25H,7,9-13H2,(H,22,27)/b21-14-. The number of piperazine rings is 1. The number of thiocarbonyl (C=S) groups is 1. The highest BCUT2D eigenvalue weighted by Crippen LogP contribution is 2.27. The number of anilines is 1. The Labute approximate surface area is 163 Å². The number of pyridine rings is 1. The average molecular weight is 383 g/mol. The maximum Gasteiger partial charge on any atom is 0.189 e. The quantitative estimate of drug-likeness (QED) is 0.607. The van der Waals surface area contributed by atoms with Gasteiger partial charge in [0.05, 0.1) is 18.0 Å². The van der Waals surface area contributed by atoms with Gasteiger partial charge in [-0.3, -0.25) is 10.4 Å². The number of phenolic OH excluding ortho intramolecular Hbond substituents is 1. The van der Waals surface area contributed by atoms with E-state index < -0.39 is 0 Å². The highest BCUT2D eigenvalue weighted by atomic mass is 32.1. The van der Waals surface area contributed by atoms with Gasteiger partial charge in [0.1, 0.15) is 17.2 Å². The van der Waals surface area contributed by atoms with E-state index in [9.17, 15) is 5.11 Å². The van der Waals surface area contributed by atoms with Crippen LogP contribution in [0.2, 0.25) is 0 Å². The van der Waals surface area contributed by atoms with Crippen molar-refractivity contribution < 1.29 is 9.84 Å². The Morgan fingerprint density at radius 1 is 1.15 bits per heavy atom. The van der Waals surface area contributed by atoms with Crippen LogP contribution >= 0.6 is 12.2 Å². The van der Waals surface area contributed by atoms with Crippen LogP contribution in [-0.4, -0.2) is 58.6 Å². The number of aromatic nitrogens is 1. The summed E-state index contributed by atoms with van der Waals surface area (Å²) in [5.74, 6) is 1.07. The molecule has 1 aromatic heterocycles. The molecule has 0 amide bonds. The van der Waals surface area contributed by atoms with Crippen LogP contribution in [0.25, 0.3) is 0 Å². The number of hydrogen-bond donors (Lipinski definition) is 2. The summed E-state index contributed by atoms with van der Waals surface area (Å²) in [7, 11) is 0. The van der Waals surface area contributed by atoms with Gasteiger partial charge in [-0.1, -0.05) is 12.1 Å². The Balaban J connectivity index is 1.36. The van der Waals surface area contributed by atoms with E-state index in [0.29, 0.717) is 23.9 Å². The van der Waals surface area contributed by atoms with Crippen molar-refractivity contribution in [1.29, 1.82) is 0 Å². The summed E-state index contributed by atoms with van der Waals surface area (Å²) < 4.78 is 5.60. The molecule has 0 aliphatic carbocycles. The first kappa shape index (κ1) is 17.5. The topological polar surface area (TPSA) is 73.2 Å². The van der Waals surface area contributed by atoms with Crippen LogP contribution in [-0.2, 0) is 0 Å². The summed E-state index contributed by atoms with van der Waals surface area (Å²) in [4.78, 5) is 8.62. The number of fused-ring (bicyclic) bond motifs is 1. The molecule has 1 aromatic carbocycles. The normalized spacial score (nSPS) is 18.0. The predicted octanol–water partition coefficient (Wildman–Crippen LogP) is 1.97. The molecule has 4 rings (SSSR count). The SMILES string of the molecule is Oc1ccccc1N1CCN(C(=S)N/N=C2/CCOc3cccnc32)CC1. The molecular weight excluding hydrogens is 362 g/mol. The lowest BCUT2D eigenvalue weighted by atomic mass is 10.1. The summed E-state index contributed by atoms with van der Waals surface area (Å²) in [5.41, 5.74) is 5.49. The van der Waals surface area contributed by atoms with Crippen LogP contribution in [0.5, 0.6) is 11.5 Å². The van der Waals surface area contributed by atoms with Gasteiger partial charge in [-0.15, -0.1) is 0 Å². The molecule has 0 atom stereocenters. The van der Waals surface area contributed by atoms with Crippen molar-refractivity contribution in [2.75, 3.05) is 37.7 Å². The van der Waals surface area contributed by atoms with E-state index in [2.05, 4.69) is 25.3 Å². The van der Waals surface area contributed by atoms with Gasteiger partial charge in [0.2, 0.25) is 0 Å². The van der Waals surface area contributed by atoms with Crippen molar-refractivity contribution >= 4 is 28.7 Å². The van der Waals surface area contributed by atoms with Gasteiger partial charge in [-0.25, -0.2) is 0 Å². The molecule has 1 saturated heterocycles. The number of nitrogens with one attached hydrogen (secondary N) is 1. The van der Waals surface area contributed by atoms with Gasteiger partial charge < -0.3 is 19.6 Å². The van der Waals surface area contributed by atoms with Crippen LogP contribution in [0.15, 0.2) is 47.7 Å². The molecule has 1 fully saturated rings. The van der Waals surface area contributed by atoms with E-state index >= 15 is 0 Å². The first-order chi connectivity index (χ1) is 13.2. The molecule has 2 aliphatic rings. The lowest BCUT2D eigenvalue weighted by Gasteiger charge is -2.37. The van der Waals surface area contributed by atoms with Crippen molar-refractivity contribution in [3.63, 3.8) is 0 Å². The predicted molar refractivity (Wildman–Crippen MR) is 109 cm³/mol. The molecule has 3 heterocycles. The Hall–Kier alpha value is -2.87. The van der Waals surface area contributed by atoms with Crippen LogP contribution in [0.3, 0.4) is 0 Å². The maximum absolute atomic E-state index is 10.0. The molecule has 0 radical (unpaired) electrons. The number of hydrogen-bond acceptors (Lipinski definition) is 6. The van der Waals surface area contributed by atoms with Crippen LogP contribution < -0.4 is 15.1 Å². The summed E-state index contributed by atoms with van der Waals surface area (Å²) in [6, 6.07) is 11.2. The van der Waals surface area contributed by atoms with E-state index in [4.69, 9.17) is 17.0 Å². The van der Waals surface area contributed by atoms with E-state index in [1.54, 1.807) is 12.3 Å². The number of aromatic hydroxyl groups is 1. The van der Waals surface area contributed by atoms with E-state index in [1.165, 1.54) is 0 Å². The zero-order valence-corrected chi connectivity index (χ0v) is 15.7. The number of benzene rings is 1. The van der Waals surface area contributed by atoms with E-state index in [1.807, 2.05) is 30.3 Å². The summed E-state index contributed by atoms with van der Waals surface area (Å²) in [5, 5.41) is 15.1. The van der Waals surface area contributed by atoms with Crippen LogP contribution in [0.1, 0.15) is 12.1 Å². The fourth-order valence-electron chi connectivity index (χ4n) is 3.28. The highest BCUT2D eigenvalue weighted by molar-refractivity contribution is 7.80. The number of phenols is 1. The fraction of sp³-hybridized carbons (Fsp3) is 0.316. The van der Waals surface area contributed by atoms with Crippen molar-refractivity contribution in [1.82, 2.24) is 15.3 Å². The molecule has 7 nitrogen and oxygen atoms in total. The molecule has 0 saturated carbocycles. The van der Waals surface area contributed by atoms with Gasteiger partial charge >= 0.3 is 0 Å². The van der Waals surface area contributed by atoms with Crippen LogP contribution in [0.4, 0.5) is 5.69 Å². The van der Waals surface area contributed by atoms with Crippen molar-refractivity contribution in [3.8, 4) is 11.5 Å². The molecule has 2 aliphatic heterocycles. The van der Waals surface area contributed by atoms with E-state index in [0.717, 1.165) is 49.0 Å². The zero-order chi connectivity index (χ0) is 18.6. The van der Waals surface area contributed by atoms with Crippen molar-refractivity contribution in [2.24, 2.45) is 5.10 Å². The van der Waals surface area contributed by atoms with E-state index in [-0.39, 0.29) is 0 Å². The Morgan fingerprint density at radius 3 is 2.78 bits per heavy atom. The van der Waals surface area contributed by atoms with Gasteiger partial charge in [0.25, 0.3) is 0 Å². The van der Waals surface area contributed by atoms with Crippen molar-refractivity contribution in [2.45, 2.75) is 6.42 Å². The lowest BCUT2D eigenvalue weighted by Crippen LogP contribution is -2.51. The molecule has 27 heavy (non-hydrogen) atoms. The number of hydrazone groups is 1. The molecule has 8 heteroatoms. The summed E-state index contributed by atoms with van der Waals surface area (Å²) in [6.45, 7) is 3.69. The zero-order valence-electron chi connectivity index (χ0n) is 14.8. The Bertz CT molecular complexity index is 865. The average Bonchev–Trinajstić information content (AvgIpc) is 2.72. The minimum atomic E-state index is 0.309. The third-order valence-electron chi connectivity index (χ3n) is 4.72. The minimum Gasteiger partial charge on any atom is -0.506 e. The first-order valence-corrected chi connectivity index (χ1v) is 9.36. The second-order valence-electron chi connectivity index (χ2n) is 6.39. The molecular formula is C19H21N5O2S. The largest absolute Gasteiger partial charge is 0.506 e. The maximum atomic E-state index is 10.0. The third kappa shape index (κ3) is 3.80. The number of rotatable bonds is 2. The molecule has 0 unspecified atom stereocenters. The Kier molecular flexibility index (Phi) is 5.06. The number of para-hydroxylation sites is 2. The molecule has 2 aromatic rings. The number of nitrogens with zero attached hydrogens (tertiary/aromatic N) is 4. The van der Waals surface area contributed by atoms with Crippen molar-refractivity contribution in [3.05, 3.63) is 48.3 Å². The minimum absolute atomic E-state index is 0.309. The van der Waals surface area contributed by atoms with Crippen LogP contribution in [0, 0.1) is 0 Å². The highest BCUT2D eigenvalue weighted by Gasteiger charge is 2.22. The first-order valence-electron chi connectivity index (χ1n) is 8.95. The second-order valence-corrected chi connectivity index (χ2v) is 6.77. The molecule has 0 spiro atoms. The van der Waals surface area contributed by atoms with Gasteiger partial charge in [0, 0.05) is 38.8 Å². The fourth-order valence-corrected chi connectivity index (χ4v) is 3.50. The summed E-state index contributed by atoms with van der Waals surface area (Å²) >= 11 is 5.51. The van der Waals surface area contributed by atoms with Gasteiger partial charge in [0.15, 0.2) is 5.11 Å². The number of ether oxygens (including phenoxy) is 1. The third-order valence-corrected chi connectivity index (χ3v) is 5.07. The smallest absolute Gasteiger partial charge is 0.189 e. The summed E-state index contributed by atoms with van der Waals surface area (Å²) in [6.07, 6.45) is 2.43. The van der Waals surface area contributed by atoms with Gasteiger partial charge in [-0.05, 0) is 36.5 Å². The monoisotopic (exact) mass is 383 g/mol.